The molecule has 2 aromatic rings. The molecule has 2 rings (SSSR count). The van der Waals surface area contributed by atoms with Crippen LogP contribution in [-0.2, 0) is 0 Å². The lowest BCUT2D eigenvalue weighted by atomic mass is 10.2. The number of anilines is 3. The Hall–Kier alpha value is -0.970. The van der Waals surface area contributed by atoms with Crippen LogP contribution >= 0.6 is 39.1 Å². The van der Waals surface area contributed by atoms with Gasteiger partial charge in [-0.25, -0.2) is 4.39 Å². The number of hydrogen-bond acceptors (Lipinski definition) is 2. The van der Waals surface area contributed by atoms with Gasteiger partial charge in [-0.15, -0.1) is 0 Å². The molecule has 6 heteroatoms. The Morgan fingerprint density at radius 1 is 1.06 bits per heavy atom. The Morgan fingerprint density at radius 2 is 1.72 bits per heavy atom. The Kier molecular flexibility index (Phi) is 4.00. The van der Waals surface area contributed by atoms with E-state index in [-0.39, 0.29) is 0 Å². The van der Waals surface area contributed by atoms with Gasteiger partial charge in [0.05, 0.1) is 27.1 Å². The van der Waals surface area contributed by atoms with Gasteiger partial charge in [-0.3, -0.25) is 0 Å². The van der Waals surface area contributed by atoms with Crippen LogP contribution in [0.1, 0.15) is 0 Å². The van der Waals surface area contributed by atoms with Crippen molar-refractivity contribution in [3.05, 3.63) is 50.7 Å². The molecule has 0 aliphatic rings. The summed E-state index contributed by atoms with van der Waals surface area (Å²) in [5, 5.41) is 3.78. The quantitative estimate of drug-likeness (QED) is 0.576. The third-order valence-electron chi connectivity index (χ3n) is 2.32. The summed E-state index contributed by atoms with van der Waals surface area (Å²) in [4.78, 5) is 0. The summed E-state index contributed by atoms with van der Waals surface area (Å²) in [7, 11) is 0. The van der Waals surface area contributed by atoms with Gasteiger partial charge < -0.3 is 11.1 Å². The van der Waals surface area contributed by atoms with E-state index in [1.54, 1.807) is 12.1 Å². The zero-order valence-corrected chi connectivity index (χ0v) is 12.1. The Morgan fingerprint density at radius 3 is 2.39 bits per heavy atom. The van der Waals surface area contributed by atoms with Crippen molar-refractivity contribution >= 4 is 56.2 Å². The molecule has 0 unspecified atom stereocenters. The van der Waals surface area contributed by atoms with Gasteiger partial charge in [0.1, 0.15) is 5.82 Å². The number of nitrogens with one attached hydrogen (secondary N) is 1. The van der Waals surface area contributed by atoms with Crippen LogP contribution < -0.4 is 11.1 Å². The number of nitrogens with two attached hydrogens (primary N) is 1. The van der Waals surface area contributed by atoms with Gasteiger partial charge in [-0.1, -0.05) is 23.2 Å². The molecular formula is C12H8BrCl2FN2. The van der Waals surface area contributed by atoms with E-state index in [0.29, 0.717) is 31.6 Å². The summed E-state index contributed by atoms with van der Waals surface area (Å²) in [5.74, 6) is -0.391. The third-order valence-corrected chi connectivity index (χ3v) is 4.09. The molecule has 3 N–H and O–H groups in total. The van der Waals surface area contributed by atoms with Crippen LogP contribution in [0.3, 0.4) is 0 Å². The van der Waals surface area contributed by atoms with Gasteiger partial charge in [-0.05, 0) is 46.3 Å². The minimum atomic E-state index is -0.391. The number of halogens is 4. The van der Waals surface area contributed by atoms with Gasteiger partial charge in [0.2, 0.25) is 0 Å². The lowest BCUT2D eigenvalue weighted by Gasteiger charge is -2.12. The first-order valence-electron chi connectivity index (χ1n) is 4.94. The van der Waals surface area contributed by atoms with Crippen LogP contribution in [-0.4, -0.2) is 0 Å². The molecule has 0 aromatic heterocycles. The normalized spacial score (nSPS) is 10.4. The lowest BCUT2D eigenvalue weighted by molar-refractivity contribution is 0.628. The van der Waals surface area contributed by atoms with E-state index in [1.807, 2.05) is 0 Å². The molecule has 0 bridgehead atoms. The van der Waals surface area contributed by atoms with Gasteiger partial charge in [0, 0.05) is 4.47 Å². The van der Waals surface area contributed by atoms with Gasteiger partial charge >= 0.3 is 0 Å². The average Bonchev–Trinajstić information content (AvgIpc) is 2.33. The van der Waals surface area contributed by atoms with E-state index in [0.717, 1.165) is 0 Å². The molecule has 0 spiro atoms. The van der Waals surface area contributed by atoms with Crippen molar-refractivity contribution in [2.75, 3.05) is 11.1 Å². The molecule has 18 heavy (non-hydrogen) atoms. The summed E-state index contributed by atoms with van der Waals surface area (Å²) in [6, 6.07) is 7.60. The molecule has 0 saturated carbocycles. The number of hydrogen-bond donors (Lipinski definition) is 2. The molecule has 0 amide bonds. The fourth-order valence-electron chi connectivity index (χ4n) is 1.41. The molecule has 2 aromatic carbocycles. The van der Waals surface area contributed by atoms with Gasteiger partial charge in [0.25, 0.3) is 0 Å². The maximum Gasteiger partial charge on any atom is 0.125 e. The maximum atomic E-state index is 12.9. The van der Waals surface area contributed by atoms with Crippen molar-refractivity contribution in [3.63, 3.8) is 0 Å². The second kappa shape index (κ2) is 5.34. The van der Waals surface area contributed by atoms with Crippen LogP contribution in [0.25, 0.3) is 0 Å². The van der Waals surface area contributed by atoms with Crippen molar-refractivity contribution < 1.29 is 4.39 Å². The molecule has 0 aliphatic heterocycles. The van der Waals surface area contributed by atoms with Crippen molar-refractivity contribution in [2.45, 2.75) is 0 Å². The minimum Gasteiger partial charge on any atom is -0.397 e. The van der Waals surface area contributed by atoms with Crippen LogP contribution in [0.15, 0.2) is 34.8 Å². The fourth-order valence-corrected chi connectivity index (χ4v) is 2.24. The second-order valence-electron chi connectivity index (χ2n) is 3.58. The van der Waals surface area contributed by atoms with Crippen LogP contribution in [0.2, 0.25) is 10.0 Å². The highest BCUT2D eigenvalue weighted by Gasteiger charge is 2.09. The standard InChI is InChI=1S/C12H8BrCl2FN2/c13-7-2-4-10(12(15)11(7)14)18-9-3-1-6(16)5-8(9)17/h1-5,18H,17H2. The average molecular weight is 350 g/mol. The largest absolute Gasteiger partial charge is 0.397 e. The topological polar surface area (TPSA) is 38.0 Å². The van der Waals surface area contributed by atoms with E-state index in [1.165, 1.54) is 18.2 Å². The molecule has 0 radical (unpaired) electrons. The first kappa shape index (κ1) is 13.5. The molecule has 0 saturated heterocycles. The summed E-state index contributed by atoms with van der Waals surface area (Å²) in [6.07, 6.45) is 0. The van der Waals surface area contributed by atoms with E-state index in [4.69, 9.17) is 28.9 Å². The minimum absolute atomic E-state index is 0.296. The lowest BCUT2D eigenvalue weighted by Crippen LogP contribution is -1.97. The molecular weight excluding hydrogens is 342 g/mol. The molecule has 0 heterocycles. The summed E-state index contributed by atoms with van der Waals surface area (Å²) >= 11 is 15.4. The van der Waals surface area contributed by atoms with E-state index < -0.39 is 5.82 Å². The zero-order valence-electron chi connectivity index (χ0n) is 8.98. The third kappa shape index (κ3) is 2.71. The first-order valence-corrected chi connectivity index (χ1v) is 6.49. The number of benzene rings is 2. The summed E-state index contributed by atoms with van der Waals surface area (Å²) in [5.41, 5.74) is 7.16. The second-order valence-corrected chi connectivity index (χ2v) is 5.19. The van der Waals surface area contributed by atoms with E-state index in [2.05, 4.69) is 21.2 Å². The number of nitrogen functional groups attached to an aromatic ring is 1. The molecule has 0 aliphatic carbocycles. The van der Waals surface area contributed by atoms with Crippen molar-refractivity contribution in [3.8, 4) is 0 Å². The van der Waals surface area contributed by atoms with Crippen LogP contribution in [0.5, 0.6) is 0 Å². The van der Waals surface area contributed by atoms with Crippen molar-refractivity contribution in [2.24, 2.45) is 0 Å². The molecule has 2 nitrogen and oxygen atoms in total. The number of rotatable bonds is 2. The van der Waals surface area contributed by atoms with Crippen LogP contribution in [0, 0.1) is 5.82 Å². The zero-order chi connectivity index (χ0) is 13.3. The Labute approximate surface area is 122 Å². The monoisotopic (exact) mass is 348 g/mol. The highest BCUT2D eigenvalue weighted by molar-refractivity contribution is 9.10. The fraction of sp³-hybridized carbons (Fsp3) is 0. The van der Waals surface area contributed by atoms with E-state index >= 15 is 0 Å². The molecule has 94 valence electrons. The predicted molar refractivity (Wildman–Crippen MR) is 78.3 cm³/mol. The SMILES string of the molecule is Nc1cc(F)ccc1Nc1ccc(Br)c(Cl)c1Cl. The first-order chi connectivity index (χ1) is 8.49. The summed E-state index contributed by atoms with van der Waals surface area (Å²) < 4.78 is 13.6. The van der Waals surface area contributed by atoms with Crippen LogP contribution in [0.4, 0.5) is 21.5 Å². The molecule has 0 fully saturated rings. The molecule has 0 atom stereocenters. The smallest absolute Gasteiger partial charge is 0.125 e. The Balaban J connectivity index is 2.37. The van der Waals surface area contributed by atoms with Crippen molar-refractivity contribution in [1.82, 2.24) is 0 Å². The predicted octanol–water partition coefficient (Wildman–Crippen LogP) is 5.22. The highest BCUT2D eigenvalue weighted by atomic mass is 79.9. The van der Waals surface area contributed by atoms with Crippen molar-refractivity contribution in [1.29, 1.82) is 0 Å². The van der Waals surface area contributed by atoms with Gasteiger partial charge in [0.15, 0.2) is 0 Å². The summed E-state index contributed by atoms with van der Waals surface area (Å²) in [6.45, 7) is 0. The van der Waals surface area contributed by atoms with Gasteiger partial charge in [-0.2, -0.15) is 0 Å². The van der Waals surface area contributed by atoms with E-state index in [9.17, 15) is 4.39 Å². The highest BCUT2D eigenvalue weighted by Crippen LogP contribution is 2.37. The maximum absolute atomic E-state index is 12.9. The Bertz CT molecular complexity index is 605.